The molecule has 2 N–H and O–H groups in total. The highest BCUT2D eigenvalue weighted by atomic mass is 35.5. The van der Waals surface area contributed by atoms with E-state index in [-0.39, 0.29) is 22.9 Å². The van der Waals surface area contributed by atoms with Gasteiger partial charge in [-0.3, -0.25) is 4.79 Å². The van der Waals surface area contributed by atoms with Crippen molar-refractivity contribution in [1.82, 2.24) is 5.43 Å². The predicted octanol–water partition coefficient (Wildman–Crippen LogP) is 5.56. The molecule has 0 bridgehead atoms. The van der Waals surface area contributed by atoms with Gasteiger partial charge in [-0.2, -0.15) is 5.10 Å². The van der Waals surface area contributed by atoms with Gasteiger partial charge in [0.15, 0.2) is 17.2 Å². The Kier molecular flexibility index (Phi) is 9.10. The lowest BCUT2D eigenvalue weighted by Crippen LogP contribution is -2.17. The number of hydrogen-bond donors (Lipinski definition) is 2. The number of benzene rings is 3. The topological polar surface area (TPSA) is 89.4 Å². The van der Waals surface area contributed by atoms with E-state index < -0.39 is 5.91 Å². The third kappa shape index (κ3) is 6.74. The Bertz CT molecular complexity index is 1310. The molecule has 0 aromatic heterocycles. The van der Waals surface area contributed by atoms with E-state index in [0.29, 0.717) is 38.4 Å². The van der Waals surface area contributed by atoms with E-state index in [4.69, 9.17) is 49.0 Å². The number of para-hydroxylation sites is 1. The quantitative estimate of drug-likeness (QED) is 0.236. The largest absolute Gasteiger partial charge is 0.506 e. The molecule has 0 aliphatic heterocycles. The van der Waals surface area contributed by atoms with Gasteiger partial charge in [-0.15, -0.1) is 0 Å². The molecule has 10 heteroatoms. The Morgan fingerprint density at radius 2 is 1.77 bits per heavy atom. The number of phenols is 1. The van der Waals surface area contributed by atoms with Crippen LogP contribution in [0.2, 0.25) is 15.1 Å². The minimum atomic E-state index is -0.501. The molecule has 0 heterocycles. The number of rotatable bonds is 7. The van der Waals surface area contributed by atoms with Gasteiger partial charge in [-0.25, -0.2) is 5.43 Å². The van der Waals surface area contributed by atoms with Crippen molar-refractivity contribution in [3.05, 3.63) is 80.3 Å². The van der Waals surface area contributed by atoms with E-state index in [2.05, 4.69) is 22.4 Å². The molecule has 0 aliphatic rings. The number of halogens is 3. The van der Waals surface area contributed by atoms with Gasteiger partial charge >= 0.3 is 0 Å². The van der Waals surface area contributed by atoms with Gasteiger partial charge in [-0.1, -0.05) is 52.7 Å². The number of hydrogen-bond acceptors (Lipinski definition) is 6. The van der Waals surface area contributed by atoms with Gasteiger partial charge < -0.3 is 19.3 Å². The number of phenolic OH excluding ortho intramolecular Hbond substituents is 1. The van der Waals surface area contributed by atoms with Crippen molar-refractivity contribution >= 4 is 46.9 Å². The summed E-state index contributed by atoms with van der Waals surface area (Å²) < 4.78 is 16.4. The lowest BCUT2D eigenvalue weighted by atomic mass is 10.1. The van der Waals surface area contributed by atoms with E-state index in [1.807, 2.05) is 0 Å². The van der Waals surface area contributed by atoms with Crippen LogP contribution in [0.3, 0.4) is 0 Å². The van der Waals surface area contributed by atoms with Crippen LogP contribution in [0.25, 0.3) is 0 Å². The van der Waals surface area contributed by atoms with Crippen molar-refractivity contribution in [3.8, 4) is 34.8 Å². The number of methoxy groups -OCH3 is 2. The van der Waals surface area contributed by atoms with Crippen LogP contribution in [0.15, 0.2) is 53.6 Å². The molecule has 3 aromatic carbocycles. The number of aromatic hydroxyl groups is 1. The zero-order valence-corrected chi connectivity index (χ0v) is 20.8. The molecule has 180 valence electrons. The first-order valence-corrected chi connectivity index (χ1v) is 11.1. The Balaban J connectivity index is 1.77. The normalized spacial score (nSPS) is 10.4. The zero-order chi connectivity index (χ0) is 25.4. The Labute approximate surface area is 217 Å². The monoisotopic (exact) mass is 532 g/mol. The Hall–Kier alpha value is -3.57. The molecule has 35 heavy (non-hydrogen) atoms. The van der Waals surface area contributed by atoms with Gasteiger partial charge in [-0.05, 0) is 48.0 Å². The number of carbonyl (C=O) groups excluding carboxylic acids is 1. The minimum absolute atomic E-state index is 0.0263. The second-order valence-electron chi connectivity index (χ2n) is 6.81. The fraction of sp³-hybridized carbons (Fsp3) is 0.120. The molecule has 0 aliphatic carbocycles. The Morgan fingerprint density at radius 1 is 1.03 bits per heavy atom. The summed E-state index contributed by atoms with van der Waals surface area (Å²) in [6.45, 7) is 0.0263. The molecule has 0 atom stereocenters. The molecular formula is C25H19Cl3N2O5. The van der Waals surface area contributed by atoms with E-state index >= 15 is 0 Å². The average molecular weight is 534 g/mol. The maximum Gasteiger partial charge on any atom is 0.271 e. The number of amides is 1. The summed E-state index contributed by atoms with van der Waals surface area (Å²) in [6.07, 6.45) is 1.42. The fourth-order valence-corrected chi connectivity index (χ4v) is 3.58. The highest BCUT2D eigenvalue weighted by Gasteiger charge is 2.12. The zero-order valence-electron chi connectivity index (χ0n) is 18.6. The maximum atomic E-state index is 12.3. The Morgan fingerprint density at radius 3 is 2.43 bits per heavy atom. The van der Waals surface area contributed by atoms with Gasteiger partial charge in [0.25, 0.3) is 5.91 Å². The molecule has 0 radical (unpaired) electrons. The molecule has 3 rings (SSSR count). The first kappa shape index (κ1) is 26.0. The lowest BCUT2D eigenvalue weighted by molar-refractivity contribution is 0.0955. The lowest BCUT2D eigenvalue weighted by Gasteiger charge is -2.11. The van der Waals surface area contributed by atoms with Crippen LogP contribution >= 0.6 is 34.8 Å². The second kappa shape index (κ2) is 12.2. The molecule has 0 saturated heterocycles. The third-order valence-corrected chi connectivity index (χ3v) is 5.42. The number of nitrogens with one attached hydrogen (secondary N) is 1. The van der Waals surface area contributed by atoms with E-state index in [1.54, 1.807) is 30.3 Å². The number of hydrazone groups is 1. The van der Waals surface area contributed by atoms with Crippen LogP contribution in [0.4, 0.5) is 0 Å². The molecule has 1 amide bonds. The summed E-state index contributed by atoms with van der Waals surface area (Å²) >= 11 is 18.0. The SMILES string of the molecule is COc1cc(C=NNC(=O)c2ccc(O)c(Cl)c2)cc(C#CCOc2c(Cl)cccc2Cl)c1OC. The first-order valence-electron chi connectivity index (χ1n) is 9.97. The summed E-state index contributed by atoms with van der Waals surface area (Å²) in [7, 11) is 2.99. The molecule has 0 saturated carbocycles. The standard InChI is InChI=1S/C25H19Cl3N2O5/c1-33-22-12-15(14-29-30-25(32)17-8-9-21(31)20(28)13-17)11-16(23(22)34-2)5-4-10-35-24-18(26)6-3-7-19(24)27/h3,6-9,11-14,31H,10H2,1-2H3,(H,30,32). The predicted molar refractivity (Wildman–Crippen MR) is 137 cm³/mol. The highest BCUT2D eigenvalue weighted by Crippen LogP contribution is 2.33. The van der Waals surface area contributed by atoms with Crippen molar-refractivity contribution in [3.63, 3.8) is 0 Å². The van der Waals surface area contributed by atoms with Crippen molar-refractivity contribution in [1.29, 1.82) is 0 Å². The molecular weight excluding hydrogens is 515 g/mol. The van der Waals surface area contributed by atoms with Crippen molar-refractivity contribution < 1.29 is 24.1 Å². The van der Waals surface area contributed by atoms with E-state index in [1.165, 1.54) is 38.6 Å². The summed E-state index contributed by atoms with van der Waals surface area (Å²) in [5.74, 6) is 6.44. The summed E-state index contributed by atoms with van der Waals surface area (Å²) in [4.78, 5) is 12.3. The second-order valence-corrected chi connectivity index (χ2v) is 8.03. The van der Waals surface area contributed by atoms with E-state index in [0.717, 1.165) is 0 Å². The fourth-order valence-electron chi connectivity index (χ4n) is 2.89. The van der Waals surface area contributed by atoms with Crippen molar-refractivity contribution in [2.45, 2.75) is 0 Å². The third-order valence-electron chi connectivity index (χ3n) is 4.52. The van der Waals surface area contributed by atoms with Gasteiger partial charge in [0.05, 0.1) is 41.1 Å². The molecule has 7 nitrogen and oxygen atoms in total. The smallest absolute Gasteiger partial charge is 0.271 e. The van der Waals surface area contributed by atoms with Gasteiger partial charge in [0, 0.05) is 5.56 Å². The maximum absolute atomic E-state index is 12.3. The van der Waals surface area contributed by atoms with Crippen molar-refractivity contribution in [2.24, 2.45) is 5.10 Å². The number of ether oxygens (including phenoxy) is 3. The molecule has 3 aromatic rings. The van der Waals surface area contributed by atoms with Crippen LogP contribution < -0.4 is 19.6 Å². The molecule has 0 unspecified atom stereocenters. The minimum Gasteiger partial charge on any atom is -0.506 e. The van der Waals surface area contributed by atoms with Gasteiger partial charge in [0.2, 0.25) is 0 Å². The summed E-state index contributed by atoms with van der Waals surface area (Å²) in [6, 6.07) is 12.5. The summed E-state index contributed by atoms with van der Waals surface area (Å²) in [5, 5.41) is 14.3. The van der Waals surface area contributed by atoms with Crippen LogP contribution in [0.1, 0.15) is 21.5 Å². The highest BCUT2D eigenvalue weighted by molar-refractivity contribution is 6.37. The first-order chi connectivity index (χ1) is 16.8. The van der Waals surface area contributed by atoms with Crippen LogP contribution in [-0.2, 0) is 0 Å². The number of carbonyl (C=O) groups is 1. The van der Waals surface area contributed by atoms with E-state index in [9.17, 15) is 9.90 Å². The molecule has 0 spiro atoms. The van der Waals surface area contributed by atoms with Gasteiger partial charge in [0.1, 0.15) is 12.4 Å². The molecule has 0 fully saturated rings. The summed E-state index contributed by atoms with van der Waals surface area (Å²) in [5.41, 5.74) is 3.74. The van der Waals surface area contributed by atoms with Crippen molar-refractivity contribution in [2.75, 3.05) is 20.8 Å². The van der Waals surface area contributed by atoms with Crippen LogP contribution in [0.5, 0.6) is 23.0 Å². The number of nitrogens with zero attached hydrogens (tertiary/aromatic N) is 1. The average Bonchev–Trinajstić information content (AvgIpc) is 2.84. The van der Waals surface area contributed by atoms with Crippen LogP contribution in [0, 0.1) is 11.8 Å². The van der Waals surface area contributed by atoms with Crippen LogP contribution in [-0.4, -0.2) is 38.1 Å².